The van der Waals surface area contributed by atoms with E-state index in [2.05, 4.69) is 20.8 Å². The first kappa shape index (κ1) is 13.1. The van der Waals surface area contributed by atoms with E-state index in [1.54, 1.807) is 18.2 Å². The summed E-state index contributed by atoms with van der Waals surface area (Å²) in [5.41, 5.74) is 0.694. The molecule has 1 unspecified atom stereocenters. The van der Waals surface area contributed by atoms with Crippen molar-refractivity contribution in [2.75, 3.05) is 12.4 Å². The molecular weight excluding hydrogens is 275 g/mol. The van der Waals surface area contributed by atoms with Gasteiger partial charge in [-0.15, -0.1) is 5.10 Å². The number of aromatic nitrogens is 2. The molecule has 2 N–H and O–H groups in total. The highest BCUT2D eigenvalue weighted by Gasteiger charge is 2.12. The second kappa shape index (κ2) is 5.56. The third-order valence-electron chi connectivity index (χ3n) is 2.36. The van der Waals surface area contributed by atoms with Crippen molar-refractivity contribution in [3.8, 4) is 0 Å². The average Bonchev–Trinajstić information content (AvgIpc) is 2.75. The monoisotopic (exact) mass is 286 g/mol. The number of rotatable bonds is 4. The third kappa shape index (κ3) is 3.13. The van der Waals surface area contributed by atoms with Crippen molar-refractivity contribution >= 4 is 34.9 Å². The molecule has 18 heavy (non-hydrogen) atoms. The largest absolute Gasteiger partial charge is 0.406 e. The predicted octanol–water partition coefficient (Wildman–Crippen LogP) is 3.40. The molecule has 1 atom stereocenters. The number of nitrogens with zero attached hydrogens (tertiary/aromatic N) is 2. The minimum Gasteiger partial charge on any atom is -0.406 e. The van der Waals surface area contributed by atoms with E-state index in [0.717, 1.165) is 0 Å². The van der Waals surface area contributed by atoms with Gasteiger partial charge in [0, 0.05) is 15.7 Å². The van der Waals surface area contributed by atoms with E-state index < -0.39 is 0 Å². The van der Waals surface area contributed by atoms with Gasteiger partial charge in [-0.05, 0) is 32.2 Å². The quantitative estimate of drug-likeness (QED) is 0.902. The lowest BCUT2D eigenvalue weighted by Crippen LogP contribution is -2.12. The topological polar surface area (TPSA) is 63.0 Å². The maximum Gasteiger partial charge on any atom is 0.320 e. The zero-order chi connectivity index (χ0) is 13.1. The Balaban J connectivity index is 2.16. The summed E-state index contributed by atoms with van der Waals surface area (Å²) in [6, 6.07) is 5.38. The SMILES string of the molecule is CNC(C)c1nnc(Nc2cc(Cl)cc(Cl)c2)o1. The third-order valence-corrected chi connectivity index (χ3v) is 2.79. The van der Waals surface area contributed by atoms with E-state index in [-0.39, 0.29) is 6.04 Å². The minimum atomic E-state index is -0.00370. The lowest BCUT2D eigenvalue weighted by molar-refractivity contribution is 0.443. The van der Waals surface area contributed by atoms with Gasteiger partial charge in [0.2, 0.25) is 5.89 Å². The molecule has 1 heterocycles. The molecule has 2 rings (SSSR count). The summed E-state index contributed by atoms with van der Waals surface area (Å²) in [7, 11) is 1.82. The summed E-state index contributed by atoms with van der Waals surface area (Å²) in [4.78, 5) is 0. The first-order valence-electron chi connectivity index (χ1n) is 5.32. The molecule has 0 aliphatic carbocycles. The van der Waals surface area contributed by atoms with Crippen molar-refractivity contribution < 1.29 is 4.42 Å². The van der Waals surface area contributed by atoms with Crippen LogP contribution in [-0.4, -0.2) is 17.2 Å². The van der Waals surface area contributed by atoms with E-state index in [1.165, 1.54) is 0 Å². The molecule has 0 aliphatic rings. The fourth-order valence-electron chi connectivity index (χ4n) is 1.33. The molecule has 5 nitrogen and oxygen atoms in total. The van der Waals surface area contributed by atoms with Gasteiger partial charge >= 0.3 is 6.01 Å². The van der Waals surface area contributed by atoms with Crippen LogP contribution in [0.15, 0.2) is 22.6 Å². The molecule has 0 radical (unpaired) electrons. The number of benzene rings is 1. The normalized spacial score (nSPS) is 12.4. The summed E-state index contributed by atoms with van der Waals surface area (Å²) in [5.74, 6) is 0.508. The van der Waals surface area contributed by atoms with Gasteiger partial charge in [-0.3, -0.25) is 0 Å². The molecule has 0 bridgehead atoms. The zero-order valence-corrected chi connectivity index (χ0v) is 11.4. The smallest absolute Gasteiger partial charge is 0.320 e. The van der Waals surface area contributed by atoms with Crippen molar-refractivity contribution in [3.63, 3.8) is 0 Å². The zero-order valence-electron chi connectivity index (χ0n) is 9.87. The number of halogens is 2. The number of hydrogen-bond donors (Lipinski definition) is 2. The van der Waals surface area contributed by atoms with Crippen LogP contribution < -0.4 is 10.6 Å². The molecule has 96 valence electrons. The summed E-state index contributed by atoms with van der Waals surface area (Å²) >= 11 is 11.8. The second-order valence-corrected chi connectivity index (χ2v) is 4.61. The molecule has 7 heteroatoms. The van der Waals surface area contributed by atoms with Gasteiger partial charge in [-0.2, -0.15) is 0 Å². The highest BCUT2D eigenvalue weighted by atomic mass is 35.5. The van der Waals surface area contributed by atoms with Gasteiger partial charge in [0.25, 0.3) is 0 Å². The summed E-state index contributed by atoms with van der Waals surface area (Å²) < 4.78 is 5.44. The molecule has 0 fully saturated rings. The Morgan fingerprint density at radius 1 is 1.17 bits per heavy atom. The van der Waals surface area contributed by atoms with E-state index in [0.29, 0.717) is 27.6 Å². The Hall–Kier alpha value is -1.30. The van der Waals surface area contributed by atoms with Gasteiger partial charge in [0.1, 0.15) is 0 Å². The van der Waals surface area contributed by atoms with Gasteiger partial charge < -0.3 is 15.1 Å². The lowest BCUT2D eigenvalue weighted by Gasteiger charge is -2.04. The van der Waals surface area contributed by atoms with Crippen LogP contribution in [0, 0.1) is 0 Å². The van der Waals surface area contributed by atoms with Gasteiger partial charge in [0.15, 0.2) is 0 Å². The second-order valence-electron chi connectivity index (χ2n) is 3.74. The van der Waals surface area contributed by atoms with Gasteiger partial charge in [0.05, 0.1) is 6.04 Å². The van der Waals surface area contributed by atoms with Crippen LogP contribution in [0.5, 0.6) is 0 Å². The van der Waals surface area contributed by atoms with Crippen LogP contribution in [0.25, 0.3) is 0 Å². The van der Waals surface area contributed by atoms with Crippen molar-refractivity contribution in [2.45, 2.75) is 13.0 Å². The first-order valence-corrected chi connectivity index (χ1v) is 6.08. The van der Waals surface area contributed by atoms with Crippen LogP contribution in [0.1, 0.15) is 18.9 Å². The number of nitrogens with one attached hydrogen (secondary N) is 2. The van der Waals surface area contributed by atoms with Crippen LogP contribution in [0.4, 0.5) is 11.7 Å². The molecule has 0 amide bonds. The molecule has 0 aliphatic heterocycles. The summed E-state index contributed by atoms with van der Waals surface area (Å²) in [5, 5.41) is 14.8. The van der Waals surface area contributed by atoms with Crippen molar-refractivity contribution in [1.82, 2.24) is 15.5 Å². The molecule has 2 aromatic rings. The Labute approximate surface area is 114 Å². The van der Waals surface area contributed by atoms with Crippen molar-refractivity contribution in [1.29, 1.82) is 0 Å². The lowest BCUT2D eigenvalue weighted by atomic mass is 10.3. The molecule has 0 saturated carbocycles. The highest BCUT2D eigenvalue weighted by Crippen LogP contribution is 2.25. The van der Waals surface area contributed by atoms with Crippen LogP contribution >= 0.6 is 23.2 Å². The molecule has 0 spiro atoms. The highest BCUT2D eigenvalue weighted by molar-refractivity contribution is 6.35. The standard InChI is InChI=1S/C11H12Cl2N4O/c1-6(14-2)10-16-17-11(18-10)15-9-4-7(12)3-8(13)5-9/h3-6,14H,1-2H3,(H,15,17). The number of hydrogen-bond acceptors (Lipinski definition) is 5. The Bertz CT molecular complexity index is 523. The van der Waals surface area contributed by atoms with Crippen molar-refractivity contribution in [2.24, 2.45) is 0 Å². The molecule has 1 aromatic heterocycles. The van der Waals surface area contributed by atoms with E-state index in [9.17, 15) is 0 Å². The van der Waals surface area contributed by atoms with Crippen LogP contribution in [0.3, 0.4) is 0 Å². The average molecular weight is 287 g/mol. The summed E-state index contributed by atoms with van der Waals surface area (Å²) in [6.07, 6.45) is 0. The van der Waals surface area contributed by atoms with E-state index in [1.807, 2.05) is 14.0 Å². The van der Waals surface area contributed by atoms with Crippen LogP contribution in [-0.2, 0) is 0 Å². The van der Waals surface area contributed by atoms with E-state index >= 15 is 0 Å². The maximum atomic E-state index is 5.89. The molecule has 0 saturated heterocycles. The molecular formula is C11H12Cl2N4O. The van der Waals surface area contributed by atoms with Crippen molar-refractivity contribution in [3.05, 3.63) is 34.1 Å². The Morgan fingerprint density at radius 3 is 2.44 bits per heavy atom. The fraction of sp³-hybridized carbons (Fsp3) is 0.273. The fourth-order valence-corrected chi connectivity index (χ4v) is 1.86. The van der Waals surface area contributed by atoms with Crippen LogP contribution in [0.2, 0.25) is 10.0 Å². The summed E-state index contributed by atoms with van der Waals surface area (Å²) in [6.45, 7) is 1.92. The van der Waals surface area contributed by atoms with Gasteiger partial charge in [-0.25, -0.2) is 0 Å². The van der Waals surface area contributed by atoms with Gasteiger partial charge in [-0.1, -0.05) is 28.3 Å². The van der Waals surface area contributed by atoms with E-state index in [4.69, 9.17) is 27.6 Å². The maximum absolute atomic E-state index is 5.89. The first-order chi connectivity index (χ1) is 8.58. The number of anilines is 2. The molecule has 1 aromatic carbocycles. The predicted molar refractivity (Wildman–Crippen MR) is 71.5 cm³/mol. The Kier molecular flexibility index (Phi) is 4.06. The minimum absolute atomic E-state index is 0.00370. The Morgan fingerprint density at radius 2 is 1.83 bits per heavy atom.